The van der Waals surface area contributed by atoms with Gasteiger partial charge in [0.1, 0.15) is 11.6 Å². The molecule has 3 heterocycles. The van der Waals surface area contributed by atoms with Crippen molar-refractivity contribution in [3.63, 3.8) is 0 Å². The van der Waals surface area contributed by atoms with Crippen molar-refractivity contribution in [2.75, 3.05) is 52.2 Å². The number of nitrogens with zero attached hydrogens (tertiary/aromatic N) is 6. The Morgan fingerprint density at radius 1 is 1.09 bits per heavy atom. The van der Waals surface area contributed by atoms with E-state index in [4.69, 9.17) is 0 Å². The van der Waals surface area contributed by atoms with Gasteiger partial charge in [-0.1, -0.05) is 36.4 Å². The lowest BCUT2D eigenvalue weighted by molar-refractivity contribution is 0.311. The van der Waals surface area contributed by atoms with E-state index in [1.807, 2.05) is 43.7 Å². The molecule has 1 saturated heterocycles. The van der Waals surface area contributed by atoms with Crippen LogP contribution in [-0.2, 0) is 13.1 Å². The SMILES string of the molecule is CN=C(NCc1cccnc1N1CCN(C)CC1)N(C)Cc1ncc(-c2ccccc2)[nH]1.I. The molecule has 2 aromatic heterocycles. The molecule has 0 amide bonds. The van der Waals surface area contributed by atoms with Crippen LogP contribution in [-0.4, -0.2) is 78.0 Å². The van der Waals surface area contributed by atoms with E-state index in [9.17, 15) is 0 Å². The summed E-state index contributed by atoms with van der Waals surface area (Å²) in [6.07, 6.45) is 3.76. The zero-order valence-electron chi connectivity index (χ0n) is 19.5. The summed E-state index contributed by atoms with van der Waals surface area (Å²) < 4.78 is 0. The molecule has 0 saturated carbocycles. The minimum Gasteiger partial charge on any atom is -0.354 e. The Kier molecular flexibility index (Phi) is 9.07. The molecule has 0 atom stereocenters. The molecule has 8 nitrogen and oxygen atoms in total. The predicted molar refractivity (Wildman–Crippen MR) is 145 cm³/mol. The fourth-order valence-corrected chi connectivity index (χ4v) is 3.94. The van der Waals surface area contributed by atoms with E-state index < -0.39 is 0 Å². The highest BCUT2D eigenvalue weighted by Crippen LogP contribution is 2.19. The first-order chi connectivity index (χ1) is 15.6. The lowest BCUT2D eigenvalue weighted by Gasteiger charge is -2.34. The van der Waals surface area contributed by atoms with Crippen molar-refractivity contribution in [2.45, 2.75) is 13.1 Å². The number of H-pyrrole nitrogens is 1. The van der Waals surface area contributed by atoms with E-state index in [0.717, 1.165) is 55.0 Å². The fourth-order valence-electron chi connectivity index (χ4n) is 3.94. The van der Waals surface area contributed by atoms with Crippen molar-refractivity contribution in [1.29, 1.82) is 0 Å². The summed E-state index contributed by atoms with van der Waals surface area (Å²) in [6, 6.07) is 14.4. The smallest absolute Gasteiger partial charge is 0.194 e. The van der Waals surface area contributed by atoms with Crippen LogP contribution in [0.2, 0.25) is 0 Å². The normalized spacial score (nSPS) is 14.6. The molecule has 0 bridgehead atoms. The summed E-state index contributed by atoms with van der Waals surface area (Å²) >= 11 is 0. The molecule has 1 fully saturated rings. The Hall–Kier alpha value is -2.66. The van der Waals surface area contributed by atoms with Gasteiger partial charge >= 0.3 is 0 Å². The average molecular weight is 560 g/mol. The number of piperazine rings is 1. The van der Waals surface area contributed by atoms with Crippen molar-refractivity contribution >= 4 is 35.8 Å². The van der Waals surface area contributed by atoms with Crippen molar-refractivity contribution in [3.8, 4) is 11.3 Å². The van der Waals surface area contributed by atoms with Crippen molar-refractivity contribution < 1.29 is 0 Å². The molecule has 0 unspecified atom stereocenters. The summed E-state index contributed by atoms with van der Waals surface area (Å²) in [7, 11) is 5.99. The Balaban J connectivity index is 0.00000306. The van der Waals surface area contributed by atoms with Gasteiger partial charge < -0.3 is 25.0 Å². The molecule has 4 rings (SSSR count). The van der Waals surface area contributed by atoms with Gasteiger partial charge in [-0.15, -0.1) is 24.0 Å². The van der Waals surface area contributed by atoms with Crippen LogP contribution in [0.5, 0.6) is 0 Å². The third kappa shape index (κ3) is 6.44. The zero-order valence-corrected chi connectivity index (χ0v) is 21.9. The number of imidazole rings is 1. The highest BCUT2D eigenvalue weighted by Gasteiger charge is 2.18. The standard InChI is InChI=1S/C24H32N8.HI/c1-25-24(31(3)18-22-27-17-21(29-22)19-8-5-4-6-9-19)28-16-20-10-7-11-26-23(20)32-14-12-30(2)13-15-32;/h4-11,17H,12-16,18H2,1-3H3,(H,25,28)(H,27,29);1H. The number of hydrogen-bond acceptors (Lipinski definition) is 5. The number of halogens is 1. The fraction of sp³-hybridized carbons (Fsp3) is 0.375. The van der Waals surface area contributed by atoms with Gasteiger partial charge in [-0.2, -0.15) is 0 Å². The molecule has 176 valence electrons. The number of likely N-dealkylation sites (N-methyl/N-ethyl adjacent to an activating group) is 1. The zero-order chi connectivity index (χ0) is 22.3. The number of hydrogen-bond donors (Lipinski definition) is 2. The Morgan fingerprint density at radius 3 is 2.58 bits per heavy atom. The number of aromatic amines is 1. The lowest BCUT2D eigenvalue weighted by atomic mass is 10.2. The summed E-state index contributed by atoms with van der Waals surface area (Å²) in [6.45, 7) is 5.41. The van der Waals surface area contributed by atoms with E-state index in [-0.39, 0.29) is 24.0 Å². The van der Waals surface area contributed by atoms with Crippen LogP contribution in [0.1, 0.15) is 11.4 Å². The first kappa shape index (κ1) is 25.0. The molecular formula is C24H33IN8. The summed E-state index contributed by atoms with van der Waals surface area (Å²) in [5.74, 6) is 2.77. The second-order valence-corrected chi connectivity index (χ2v) is 8.14. The van der Waals surface area contributed by atoms with E-state index >= 15 is 0 Å². The topological polar surface area (TPSA) is 75.7 Å². The van der Waals surface area contributed by atoms with Crippen LogP contribution in [0.4, 0.5) is 5.82 Å². The summed E-state index contributed by atoms with van der Waals surface area (Å²) in [4.78, 5) is 23.9. The summed E-state index contributed by atoms with van der Waals surface area (Å²) in [5.41, 5.74) is 3.32. The first-order valence-corrected chi connectivity index (χ1v) is 11.0. The van der Waals surface area contributed by atoms with Gasteiger partial charge in [-0.05, 0) is 18.7 Å². The number of aromatic nitrogens is 3. The van der Waals surface area contributed by atoms with Gasteiger partial charge in [0.2, 0.25) is 0 Å². The second-order valence-electron chi connectivity index (χ2n) is 8.14. The molecule has 1 aliphatic heterocycles. The summed E-state index contributed by atoms with van der Waals surface area (Å²) in [5, 5.41) is 3.49. The molecule has 33 heavy (non-hydrogen) atoms. The molecule has 2 N–H and O–H groups in total. The number of pyridine rings is 1. The van der Waals surface area contributed by atoms with E-state index in [1.165, 1.54) is 5.56 Å². The second kappa shape index (κ2) is 12.0. The molecule has 3 aromatic rings. The number of aliphatic imine (C=N–C) groups is 1. The number of rotatable bonds is 6. The van der Waals surface area contributed by atoms with Crippen LogP contribution < -0.4 is 10.2 Å². The molecule has 9 heteroatoms. The minimum atomic E-state index is 0. The van der Waals surface area contributed by atoms with Crippen molar-refractivity contribution in [2.24, 2.45) is 4.99 Å². The van der Waals surface area contributed by atoms with E-state index in [1.54, 1.807) is 7.05 Å². The number of benzene rings is 1. The van der Waals surface area contributed by atoms with Crippen LogP contribution in [0.3, 0.4) is 0 Å². The van der Waals surface area contributed by atoms with Gasteiger partial charge in [-0.25, -0.2) is 9.97 Å². The predicted octanol–water partition coefficient (Wildman–Crippen LogP) is 3.05. The van der Waals surface area contributed by atoms with E-state index in [2.05, 4.69) is 65.2 Å². The van der Waals surface area contributed by atoms with Crippen LogP contribution >= 0.6 is 24.0 Å². The third-order valence-electron chi connectivity index (χ3n) is 5.78. The maximum Gasteiger partial charge on any atom is 0.194 e. The molecule has 0 spiro atoms. The van der Waals surface area contributed by atoms with Crippen molar-refractivity contribution in [1.82, 2.24) is 30.1 Å². The van der Waals surface area contributed by atoms with Gasteiger partial charge in [0.15, 0.2) is 5.96 Å². The monoisotopic (exact) mass is 560 g/mol. The number of guanidine groups is 1. The Bertz CT molecular complexity index is 1030. The average Bonchev–Trinajstić information content (AvgIpc) is 3.29. The Morgan fingerprint density at radius 2 is 1.85 bits per heavy atom. The van der Waals surface area contributed by atoms with Crippen LogP contribution in [0.15, 0.2) is 59.9 Å². The quantitative estimate of drug-likeness (QED) is 0.274. The van der Waals surface area contributed by atoms with Gasteiger partial charge in [0.05, 0.1) is 18.4 Å². The molecule has 1 aromatic carbocycles. The number of anilines is 1. The van der Waals surface area contributed by atoms with Gasteiger partial charge in [-0.3, -0.25) is 4.99 Å². The highest BCUT2D eigenvalue weighted by atomic mass is 127. The maximum atomic E-state index is 4.67. The Labute approximate surface area is 213 Å². The largest absolute Gasteiger partial charge is 0.354 e. The van der Waals surface area contributed by atoms with E-state index in [0.29, 0.717) is 13.1 Å². The van der Waals surface area contributed by atoms with Gasteiger partial charge in [0.25, 0.3) is 0 Å². The maximum absolute atomic E-state index is 4.67. The minimum absolute atomic E-state index is 0. The molecule has 0 radical (unpaired) electrons. The van der Waals surface area contributed by atoms with Crippen LogP contribution in [0, 0.1) is 0 Å². The lowest BCUT2D eigenvalue weighted by Crippen LogP contribution is -2.45. The van der Waals surface area contributed by atoms with Crippen molar-refractivity contribution in [3.05, 3.63) is 66.2 Å². The molecule has 1 aliphatic rings. The molecule has 0 aliphatic carbocycles. The third-order valence-corrected chi connectivity index (χ3v) is 5.78. The first-order valence-electron chi connectivity index (χ1n) is 11.0. The van der Waals surface area contributed by atoms with Gasteiger partial charge in [0, 0.05) is 58.6 Å². The molecular weight excluding hydrogens is 527 g/mol. The highest BCUT2D eigenvalue weighted by molar-refractivity contribution is 14.0. The van der Waals surface area contributed by atoms with Crippen LogP contribution in [0.25, 0.3) is 11.3 Å². The number of nitrogens with one attached hydrogen (secondary N) is 2.